The van der Waals surface area contributed by atoms with E-state index in [0.717, 1.165) is 37.7 Å². The van der Waals surface area contributed by atoms with Gasteiger partial charge in [-0.25, -0.2) is 4.68 Å². The van der Waals surface area contributed by atoms with Gasteiger partial charge in [0.05, 0.1) is 11.2 Å². The summed E-state index contributed by atoms with van der Waals surface area (Å²) in [7, 11) is 2.18. The Morgan fingerprint density at radius 2 is 1.48 bits per heavy atom. The van der Waals surface area contributed by atoms with Gasteiger partial charge in [0, 0.05) is 31.6 Å². The zero-order valence-electron chi connectivity index (χ0n) is 13.2. The molecule has 1 aliphatic rings. The standard InChI is InChI=1S/C18H20N4.ClH/c1-20-11-13-21(14-12-20)18-16-9-5-6-10-17(16)22(19-18)15-7-3-2-4-8-15;/h2-10H,11-14H2,1H3;1H. The molecule has 2 heterocycles. The van der Waals surface area contributed by atoms with Crippen LogP contribution in [0.5, 0.6) is 0 Å². The van der Waals surface area contributed by atoms with Crippen molar-refractivity contribution >= 4 is 29.1 Å². The number of para-hydroxylation sites is 2. The Morgan fingerprint density at radius 3 is 2.22 bits per heavy atom. The van der Waals surface area contributed by atoms with Crippen molar-refractivity contribution in [2.45, 2.75) is 0 Å². The fourth-order valence-electron chi connectivity index (χ4n) is 3.07. The van der Waals surface area contributed by atoms with E-state index < -0.39 is 0 Å². The van der Waals surface area contributed by atoms with Gasteiger partial charge >= 0.3 is 0 Å². The highest BCUT2D eigenvalue weighted by Crippen LogP contribution is 2.28. The van der Waals surface area contributed by atoms with Crippen molar-refractivity contribution in [1.82, 2.24) is 14.7 Å². The Kier molecular flexibility index (Phi) is 4.55. The highest BCUT2D eigenvalue weighted by molar-refractivity contribution is 5.91. The Balaban J connectivity index is 0.00000156. The van der Waals surface area contributed by atoms with Crippen molar-refractivity contribution in [3.8, 4) is 5.69 Å². The number of likely N-dealkylation sites (N-methyl/N-ethyl adjacent to an activating group) is 1. The van der Waals surface area contributed by atoms with Crippen LogP contribution in [0, 0.1) is 0 Å². The van der Waals surface area contributed by atoms with E-state index in [4.69, 9.17) is 5.10 Å². The Bertz CT molecular complexity index is 776. The Morgan fingerprint density at radius 1 is 0.826 bits per heavy atom. The third-order valence-electron chi connectivity index (χ3n) is 4.37. The molecule has 0 N–H and O–H groups in total. The van der Waals surface area contributed by atoms with Gasteiger partial charge in [0.25, 0.3) is 0 Å². The van der Waals surface area contributed by atoms with Crippen molar-refractivity contribution in [2.75, 3.05) is 38.1 Å². The summed E-state index contributed by atoms with van der Waals surface area (Å²) in [6, 6.07) is 18.9. The third kappa shape index (κ3) is 2.92. The number of hydrogen-bond acceptors (Lipinski definition) is 3. The zero-order valence-corrected chi connectivity index (χ0v) is 14.0. The maximum Gasteiger partial charge on any atom is 0.159 e. The van der Waals surface area contributed by atoms with Crippen molar-refractivity contribution in [1.29, 1.82) is 0 Å². The molecule has 3 aromatic rings. The molecule has 0 saturated carbocycles. The van der Waals surface area contributed by atoms with Gasteiger partial charge in [0.15, 0.2) is 5.82 Å². The first-order valence-corrected chi connectivity index (χ1v) is 7.79. The van der Waals surface area contributed by atoms with Gasteiger partial charge in [-0.05, 0) is 31.3 Å². The maximum atomic E-state index is 4.93. The molecule has 4 rings (SSSR count). The average Bonchev–Trinajstić information content (AvgIpc) is 2.96. The number of fused-ring (bicyclic) bond motifs is 1. The van der Waals surface area contributed by atoms with E-state index >= 15 is 0 Å². The van der Waals surface area contributed by atoms with Crippen LogP contribution in [0.2, 0.25) is 0 Å². The van der Waals surface area contributed by atoms with Crippen LogP contribution in [0.15, 0.2) is 54.6 Å². The van der Waals surface area contributed by atoms with E-state index in [-0.39, 0.29) is 12.4 Å². The van der Waals surface area contributed by atoms with Gasteiger partial charge < -0.3 is 9.80 Å². The van der Waals surface area contributed by atoms with Gasteiger partial charge in [-0.1, -0.05) is 30.3 Å². The molecule has 0 radical (unpaired) electrons. The Labute approximate surface area is 142 Å². The van der Waals surface area contributed by atoms with E-state index in [1.165, 1.54) is 10.9 Å². The second-order valence-electron chi connectivity index (χ2n) is 5.88. The van der Waals surface area contributed by atoms with Crippen molar-refractivity contribution < 1.29 is 0 Å². The lowest BCUT2D eigenvalue weighted by atomic mass is 10.2. The molecule has 120 valence electrons. The molecule has 4 nitrogen and oxygen atoms in total. The highest BCUT2D eigenvalue weighted by atomic mass is 35.5. The summed E-state index contributed by atoms with van der Waals surface area (Å²) in [6.45, 7) is 4.25. The summed E-state index contributed by atoms with van der Waals surface area (Å²) in [5.74, 6) is 1.10. The number of anilines is 1. The van der Waals surface area contributed by atoms with Gasteiger partial charge in [0.1, 0.15) is 0 Å². The normalized spacial score (nSPS) is 15.6. The average molecular weight is 329 g/mol. The molecule has 1 saturated heterocycles. The number of nitrogens with zero attached hydrogens (tertiary/aromatic N) is 4. The van der Waals surface area contributed by atoms with Crippen LogP contribution < -0.4 is 4.90 Å². The molecule has 0 atom stereocenters. The minimum atomic E-state index is 0. The lowest BCUT2D eigenvalue weighted by Crippen LogP contribution is -2.44. The van der Waals surface area contributed by atoms with Gasteiger partial charge in [-0.15, -0.1) is 17.5 Å². The molecule has 0 spiro atoms. The van der Waals surface area contributed by atoms with Crippen molar-refractivity contribution in [3.05, 3.63) is 54.6 Å². The maximum absolute atomic E-state index is 4.93. The summed E-state index contributed by atoms with van der Waals surface area (Å²) < 4.78 is 2.06. The van der Waals surface area contributed by atoms with E-state index in [1.54, 1.807) is 0 Å². The topological polar surface area (TPSA) is 24.3 Å². The predicted octanol–water partition coefficient (Wildman–Crippen LogP) is 3.20. The first kappa shape index (κ1) is 15.8. The fraction of sp³-hybridized carbons (Fsp3) is 0.278. The van der Waals surface area contributed by atoms with Crippen LogP contribution in [0.25, 0.3) is 16.6 Å². The monoisotopic (exact) mass is 328 g/mol. The number of halogens is 1. The van der Waals surface area contributed by atoms with E-state index in [0.29, 0.717) is 0 Å². The minimum Gasteiger partial charge on any atom is -0.352 e. The molecule has 1 aromatic heterocycles. The summed E-state index contributed by atoms with van der Waals surface area (Å²) in [4.78, 5) is 4.77. The van der Waals surface area contributed by atoms with Crippen molar-refractivity contribution in [3.63, 3.8) is 0 Å². The van der Waals surface area contributed by atoms with Crippen LogP contribution in [0.4, 0.5) is 5.82 Å². The van der Waals surface area contributed by atoms with Crippen LogP contribution in [0.3, 0.4) is 0 Å². The van der Waals surface area contributed by atoms with Gasteiger partial charge in [-0.3, -0.25) is 0 Å². The van der Waals surface area contributed by atoms with Gasteiger partial charge in [0.2, 0.25) is 0 Å². The number of benzene rings is 2. The fourth-order valence-corrected chi connectivity index (χ4v) is 3.07. The lowest BCUT2D eigenvalue weighted by Gasteiger charge is -2.32. The molecule has 1 aliphatic heterocycles. The second-order valence-corrected chi connectivity index (χ2v) is 5.88. The molecule has 5 heteroatoms. The number of hydrogen-bond donors (Lipinski definition) is 0. The zero-order chi connectivity index (χ0) is 14.9. The quantitative estimate of drug-likeness (QED) is 0.722. The molecular weight excluding hydrogens is 308 g/mol. The third-order valence-corrected chi connectivity index (χ3v) is 4.37. The number of piperazine rings is 1. The first-order chi connectivity index (χ1) is 10.8. The van der Waals surface area contributed by atoms with E-state index in [1.807, 2.05) is 6.07 Å². The minimum absolute atomic E-state index is 0. The van der Waals surface area contributed by atoms with Crippen LogP contribution >= 0.6 is 12.4 Å². The molecule has 1 fully saturated rings. The first-order valence-electron chi connectivity index (χ1n) is 7.79. The number of rotatable bonds is 2. The molecule has 2 aromatic carbocycles. The van der Waals surface area contributed by atoms with Crippen LogP contribution in [-0.2, 0) is 0 Å². The van der Waals surface area contributed by atoms with E-state index in [2.05, 4.69) is 70.1 Å². The molecule has 0 unspecified atom stereocenters. The lowest BCUT2D eigenvalue weighted by molar-refractivity contribution is 0.312. The molecule has 0 bridgehead atoms. The summed E-state index contributed by atoms with van der Waals surface area (Å²) in [6.07, 6.45) is 0. The van der Waals surface area contributed by atoms with E-state index in [9.17, 15) is 0 Å². The predicted molar refractivity (Wildman–Crippen MR) is 98.0 cm³/mol. The summed E-state index contributed by atoms with van der Waals surface area (Å²) in [5.41, 5.74) is 2.28. The SMILES string of the molecule is CN1CCN(c2nn(-c3ccccc3)c3ccccc23)CC1.Cl. The molecular formula is C18H21ClN4. The number of aromatic nitrogens is 2. The van der Waals surface area contributed by atoms with Crippen LogP contribution in [-0.4, -0.2) is 47.9 Å². The summed E-state index contributed by atoms with van der Waals surface area (Å²) in [5, 5.41) is 6.16. The van der Waals surface area contributed by atoms with Crippen LogP contribution in [0.1, 0.15) is 0 Å². The molecule has 23 heavy (non-hydrogen) atoms. The largest absolute Gasteiger partial charge is 0.352 e. The second kappa shape index (κ2) is 6.60. The smallest absolute Gasteiger partial charge is 0.159 e. The molecule has 0 amide bonds. The highest BCUT2D eigenvalue weighted by Gasteiger charge is 2.20. The van der Waals surface area contributed by atoms with Gasteiger partial charge in [-0.2, -0.15) is 0 Å². The molecule has 0 aliphatic carbocycles. The van der Waals surface area contributed by atoms with Crippen molar-refractivity contribution in [2.24, 2.45) is 0 Å². The Hall–Kier alpha value is -2.04. The summed E-state index contributed by atoms with van der Waals surface area (Å²) >= 11 is 0.